The molecule has 21 heavy (non-hydrogen) atoms. The maximum atomic E-state index is 12.9. The zero-order valence-electron chi connectivity index (χ0n) is 12.2. The molecular weight excluding hydrogens is 282 g/mol. The lowest BCUT2D eigenvalue weighted by atomic mass is 9.83. The van der Waals surface area contributed by atoms with Crippen LogP contribution in [0.15, 0.2) is 18.2 Å². The Hall–Kier alpha value is -1.47. The number of carbonyl (C=O) groups excluding carboxylic acids is 1. The van der Waals surface area contributed by atoms with Crippen LogP contribution in [0.25, 0.3) is 0 Å². The Morgan fingerprint density at radius 3 is 2.67 bits per heavy atom. The van der Waals surface area contributed by atoms with Crippen LogP contribution >= 0.6 is 11.8 Å². The molecule has 2 fully saturated rings. The summed E-state index contributed by atoms with van der Waals surface area (Å²) >= 11 is 2.07. The lowest BCUT2D eigenvalue weighted by Gasteiger charge is -2.38. The van der Waals surface area contributed by atoms with Crippen molar-refractivity contribution in [3.05, 3.63) is 29.3 Å². The van der Waals surface area contributed by atoms with Gasteiger partial charge in [0.15, 0.2) is 5.78 Å². The molecular formula is C17H19NO2S. The number of rotatable bonds is 3. The van der Waals surface area contributed by atoms with Crippen molar-refractivity contribution in [3.8, 4) is 11.8 Å². The first-order valence-corrected chi connectivity index (χ1v) is 8.43. The molecule has 0 radical (unpaired) electrons. The van der Waals surface area contributed by atoms with E-state index >= 15 is 0 Å². The van der Waals surface area contributed by atoms with Crippen LogP contribution in [0.5, 0.6) is 5.75 Å². The van der Waals surface area contributed by atoms with Gasteiger partial charge in [0.05, 0.1) is 18.7 Å². The van der Waals surface area contributed by atoms with Gasteiger partial charge in [-0.2, -0.15) is 17.0 Å². The van der Waals surface area contributed by atoms with E-state index in [9.17, 15) is 10.1 Å². The number of ketones is 1. The minimum Gasteiger partial charge on any atom is -0.497 e. The highest BCUT2D eigenvalue weighted by molar-refractivity contribution is 8.00. The smallest absolute Gasteiger partial charge is 0.167 e. The Bertz CT molecular complexity index is 581. The first-order chi connectivity index (χ1) is 10.2. The van der Waals surface area contributed by atoms with Crippen LogP contribution in [-0.4, -0.2) is 23.4 Å². The molecule has 0 N–H and O–H groups in total. The monoisotopic (exact) mass is 301 g/mol. The van der Waals surface area contributed by atoms with Gasteiger partial charge in [-0.05, 0) is 43.9 Å². The summed E-state index contributed by atoms with van der Waals surface area (Å²) in [6, 6.07) is 7.28. The number of methoxy groups -OCH3 is 1. The van der Waals surface area contributed by atoms with Gasteiger partial charge in [0.2, 0.25) is 0 Å². The molecule has 0 aromatic heterocycles. The van der Waals surface area contributed by atoms with Crippen LogP contribution in [0.3, 0.4) is 0 Å². The van der Waals surface area contributed by atoms with E-state index in [1.165, 1.54) is 19.3 Å². The number of hydrogen-bond donors (Lipinski definition) is 0. The Labute approximate surface area is 129 Å². The van der Waals surface area contributed by atoms with Crippen molar-refractivity contribution in [1.29, 1.82) is 5.26 Å². The molecule has 3 nitrogen and oxygen atoms in total. The van der Waals surface area contributed by atoms with Crippen molar-refractivity contribution in [3.63, 3.8) is 0 Å². The lowest BCUT2D eigenvalue weighted by Crippen LogP contribution is -2.33. The highest BCUT2D eigenvalue weighted by atomic mass is 32.2. The summed E-state index contributed by atoms with van der Waals surface area (Å²) in [6.45, 7) is 0. The summed E-state index contributed by atoms with van der Waals surface area (Å²) in [6.07, 6.45) is 5.68. The van der Waals surface area contributed by atoms with E-state index in [4.69, 9.17) is 4.74 Å². The number of benzene rings is 1. The maximum Gasteiger partial charge on any atom is 0.167 e. The predicted molar refractivity (Wildman–Crippen MR) is 83.8 cm³/mol. The quantitative estimate of drug-likeness (QED) is 0.797. The molecule has 2 unspecified atom stereocenters. The Morgan fingerprint density at radius 2 is 2.05 bits per heavy atom. The highest BCUT2D eigenvalue weighted by Gasteiger charge is 2.36. The number of ether oxygens (including phenoxy) is 1. The molecule has 3 rings (SSSR count). The van der Waals surface area contributed by atoms with Crippen LogP contribution < -0.4 is 4.74 Å². The van der Waals surface area contributed by atoms with E-state index in [2.05, 4.69) is 17.8 Å². The van der Waals surface area contributed by atoms with Crippen molar-refractivity contribution in [2.75, 3.05) is 7.11 Å². The van der Waals surface area contributed by atoms with Gasteiger partial charge >= 0.3 is 0 Å². The molecule has 0 aliphatic carbocycles. The molecule has 0 saturated carbocycles. The summed E-state index contributed by atoms with van der Waals surface area (Å²) in [5, 5.41) is 10.5. The minimum atomic E-state index is 0.0701. The molecule has 4 heteroatoms. The summed E-state index contributed by atoms with van der Waals surface area (Å²) in [5.74, 6) is 0.839. The fraction of sp³-hybridized carbons (Fsp3) is 0.529. The Kier molecular flexibility index (Phi) is 4.21. The minimum absolute atomic E-state index is 0.0701. The van der Waals surface area contributed by atoms with Crippen LogP contribution in [-0.2, 0) is 0 Å². The number of hydrogen-bond acceptors (Lipinski definition) is 4. The molecule has 2 aliphatic rings. The van der Waals surface area contributed by atoms with Gasteiger partial charge in [-0.1, -0.05) is 6.42 Å². The van der Waals surface area contributed by atoms with Crippen molar-refractivity contribution in [2.24, 2.45) is 5.92 Å². The second kappa shape index (κ2) is 6.11. The van der Waals surface area contributed by atoms with Crippen molar-refractivity contribution >= 4 is 17.5 Å². The number of Topliss-reactive ketones (excluding diaryl/α,β-unsaturated/α-hetero) is 1. The summed E-state index contributed by atoms with van der Waals surface area (Å²) in [7, 11) is 1.58. The van der Waals surface area contributed by atoms with E-state index in [1.807, 2.05) is 0 Å². The normalized spacial score (nSPS) is 27.7. The Balaban J connectivity index is 1.86. The van der Waals surface area contributed by atoms with Crippen molar-refractivity contribution < 1.29 is 9.53 Å². The van der Waals surface area contributed by atoms with E-state index in [0.29, 0.717) is 27.4 Å². The third kappa shape index (κ3) is 2.94. The summed E-state index contributed by atoms with van der Waals surface area (Å²) in [4.78, 5) is 12.9. The van der Waals surface area contributed by atoms with Crippen molar-refractivity contribution in [1.82, 2.24) is 0 Å². The second-order valence-corrected chi connectivity index (χ2v) is 7.47. The molecule has 110 valence electrons. The molecule has 2 saturated heterocycles. The van der Waals surface area contributed by atoms with Crippen LogP contribution in [0, 0.1) is 17.2 Å². The third-order valence-corrected chi connectivity index (χ3v) is 6.14. The van der Waals surface area contributed by atoms with E-state index in [0.717, 1.165) is 12.8 Å². The number of thioether (sulfide) groups is 1. The van der Waals surface area contributed by atoms with Crippen LogP contribution in [0.4, 0.5) is 0 Å². The van der Waals surface area contributed by atoms with E-state index in [-0.39, 0.29) is 11.7 Å². The molecule has 1 aromatic rings. The first kappa shape index (κ1) is 14.5. The fourth-order valence-electron chi connectivity index (χ4n) is 3.44. The number of fused-ring (bicyclic) bond motifs is 2. The lowest BCUT2D eigenvalue weighted by molar-refractivity contribution is 0.0896. The average Bonchev–Trinajstić information content (AvgIpc) is 2.53. The maximum absolute atomic E-state index is 12.9. The highest BCUT2D eigenvalue weighted by Crippen LogP contribution is 2.44. The summed E-state index contributed by atoms with van der Waals surface area (Å²) in [5.41, 5.74) is 0.996. The van der Waals surface area contributed by atoms with Gasteiger partial charge in [-0.3, -0.25) is 4.79 Å². The molecule has 2 heterocycles. The third-order valence-electron chi connectivity index (χ3n) is 4.52. The fourth-order valence-corrected chi connectivity index (χ4v) is 5.28. The topological polar surface area (TPSA) is 50.1 Å². The van der Waals surface area contributed by atoms with Gasteiger partial charge in [-0.25, -0.2) is 0 Å². The number of nitrogens with zero attached hydrogens (tertiary/aromatic N) is 1. The largest absolute Gasteiger partial charge is 0.497 e. The average molecular weight is 301 g/mol. The molecule has 0 spiro atoms. The van der Waals surface area contributed by atoms with Gasteiger partial charge in [-0.15, -0.1) is 0 Å². The molecule has 1 aromatic carbocycles. The van der Waals surface area contributed by atoms with Gasteiger partial charge in [0.25, 0.3) is 0 Å². The molecule has 0 amide bonds. The molecule has 2 atom stereocenters. The van der Waals surface area contributed by atoms with Crippen molar-refractivity contribution in [2.45, 2.75) is 42.6 Å². The van der Waals surface area contributed by atoms with E-state index in [1.54, 1.807) is 25.3 Å². The van der Waals surface area contributed by atoms with E-state index < -0.39 is 0 Å². The van der Waals surface area contributed by atoms with Crippen LogP contribution in [0.1, 0.15) is 48.0 Å². The zero-order valence-corrected chi connectivity index (χ0v) is 13.0. The molecule has 2 bridgehead atoms. The number of carbonyl (C=O) groups is 1. The zero-order chi connectivity index (χ0) is 14.8. The summed E-state index contributed by atoms with van der Waals surface area (Å²) < 4.78 is 5.20. The SMILES string of the molecule is COc1ccc(C#N)c(C(=O)C2CC3CCCC(C2)S3)c1. The second-order valence-electron chi connectivity index (χ2n) is 5.87. The van der Waals surface area contributed by atoms with Crippen LogP contribution in [0.2, 0.25) is 0 Å². The van der Waals surface area contributed by atoms with Gasteiger partial charge in [0.1, 0.15) is 5.75 Å². The molecule has 2 aliphatic heterocycles. The number of nitriles is 1. The Morgan fingerprint density at radius 1 is 1.33 bits per heavy atom. The predicted octanol–water partition coefficient (Wildman–Crippen LogP) is 3.81. The van der Waals surface area contributed by atoms with Gasteiger partial charge < -0.3 is 4.74 Å². The standard InChI is InChI=1S/C17H19NO2S/c1-20-13-6-5-11(10-18)16(9-13)17(19)12-7-14-3-2-4-15(8-12)21-14/h5-6,9,12,14-15H,2-4,7-8H2,1H3. The first-order valence-electron chi connectivity index (χ1n) is 7.49. The van der Waals surface area contributed by atoms with Gasteiger partial charge in [0, 0.05) is 22.0 Å².